The van der Waals surface area contributed by atoms with Gasteiger partial charge in [-0.05, 0) is 19.9 Å². The molecule has 1 aliphatic rings. The normalized spacial score (nSPS) is 18.2. The lowest BCUT2D eigenvalue weighted by Gasteiger charge is -2.02. The van der Waals surface area contributed by atoms with Crippen LogP contribution in [0.2, 0.25) is 0 Å². The quantitative estimate of drug-likeness (QED) is 0.773. The molecular formula is C10H16N2O. The molecule has 3 heteroatoms. The van der Waals surface area contributed by atoms with Gasteiger partial charge in [0.05, 0.1) is 12.7 Å². The van der Waals surface area contributed by atoms with E-state index < -0.39 is 0 Å². The van der Waals surface area contributed by atoms with Gasteiger partial charge in [0.15, 0.2) is 0 Å². The van der Waals surface area contributed by atoms with Gasteiger partial charge in [-0.2, -0.15) is 0 Å². The highest BCUT2D eigenvalue weighted by molar-refractivity contribution is 5.03. The molecule has 0 aliphatic heterocycles. The second kappa shape index (κ2) is 3.92. The summed E-state index contributed by atoms with van der Waals surface area (Å²) in [6.45, 7) is 0.729. The van der Waals surface area contributed by atoms with Crippen molar-refractivity contribution in [2.45, 2.75) is 38.1 Å². The lowest BCUT2D eigenvalue weighted by atomic mass is 10.1. The first-order chi connectivity index (χ1) is 6.40. The van der Waals surface area contributed by atoms with Crippen LogP contribution in [0.25, 0.3) is 0 Å². The van der Waals surface area contributed by atoms with Gasteiger partial charge < -0.3 is 9.73 Å². The van der Waals surface area contributed by atoms with E-state index in [2.05, 4.69) is 10.3 Å². The summed E-state index contributed by atoms with van der Waals surface area (Å²) in [7, 11) is 1.90. The van der Waals surface area contributed by atoms with Crippen LogP contribution in [0.5, 0.6) is 0 Å². The summed E-state index contributed by atoms with van der Waals surface area (Å²) < 4.78 is 5.63. The maximum Gasteiger partial charge on any atom is 0.208 e. The van der Waals surface area contributed by atoms with Crippen LogP contribution in [0.3, 0.4) is 0 Å². The minimum Gasteiger partial charge on any atom is -0.444 e. The highest BCUT2D eigenvalue weighted by Gasteiger charge is 2.20. The van der Waals surface area contributed by atoms with Gasteiger partial charge in [-0.25, -0.2) is 4.98 Å². The third-order valence-corrected chi connectivity index (χ3v) is 2.66. The van der Waals surface area contributed by atoms with Crippen LogP contribution >= 0.6 is 0 Å². The average molecular weight is 180 g/mol. The predicted molar refractivity (Wildman–Crippen MR) is 50.5 cm³/mol. The Hall–Kier alpha value is -0.830. The van der Waals surface area contributed by atoms with Gasteiger partial charge in [0.2, 0.25) is 5.89 Å². The maximum absolute atomic E-state index is 5.63. The van der Waals surface area contributed by atoms with E-state index in [4.69, 9.17) is 4.42 Å². The zero-order chi connectivity index (χ0) is 9.10. The van der Waals surface area contributed by atoms with E-state index in [-0.39, 0.29) is 0 Å². The zero-order valence-electron chi connectivity index (χ0n) is 8.05. The van der Waals surface area contributed by atoms with E-state index in [1.165, 1.54) is 25.7 Å². The van der Waals surface area contributed by atoms with Crippen molar-refractivity contribution in [2.75, 3.05) is 7.05 Å². The summed E-state index contributed by atoms with van der Waals surface area (Å²) in [6.07, 6.45) is 7.12. The Morgan fingerprint density at radius 3 is 3.00 bits per heavy atom. The summed E-state index contributed by atoms with van der Waals surface area (Å²) in [5.74, 6) is 2.53. The minimum atomic E-state index is 0.637. The fraction of sp³-hybridized carbons (Fsp3) is 0.700. The first-order valence-corrected chi connectivity index (χ1v) is 4.99. The summed E-state index contributed by atoms with van der Waals surface area (Å²) in [5, 5.41) is 3.03. The first-order valence-electron chi connectivity index (χ1n) is 4.99. The molecule has 0 radical (unpaired) electrons. The van der Waals surface area contributed by atoms with Gasteiger partial charge in [-0.1, -0.05) is 12.8 Å². The predicted octanol–water partition coefficient (Wildman–Crippen LogP) is 2.05. The number of hydrogen-bond acceptors (Lipinski definition) is 3. The van der Waals surface area contributed by atoms with Crippen molar-refractivity contribution in [3.63, 3.8) is 0 Å². The molecule has 0 aromatic carbocycles. The molecule has 0 atom stereocenters. The number of rotatable bonds is 3. The summed E-state index contributed by atoms with van der Waals surface area (Å²) in [6, 6.07) is 0. The number of hydrogen-bond donors (Lipinski definition) is 1. The molecule has 3 nitrogen and oxygen atoms in total. The molecule has 0 spiro atoms. The highest BCUT2D eigenvalue weighted by atomic mass is 16.4. The molecule has 1 fully saturated rings. The Kier molecular flexibility index (Phi) is 2.64. The molecule has 1 aliphatic carbocycles. The van der Waals surface area contributed by atoms with Crippen molar-refractivity contribution in [1.29, 1.82) is 0 Å². The third-order valence-electron chi connectivity index (χ3n) is 2.66. The standard InChI is InChI=1S/C10H16N2O/c1-11-7-10-12-6-9(13-10)8-4-2-3-5-8/h6,8,11H,2-5,7H2,1H3. The van der Waals surface area contributed by atoms with Gasteiger partial charge >= 0.3 is 0 Å². The van der Waals surface area contributed by atoms with Gasteiger partial charge in [-0.15, -0.1) is 0 Å². The van der Waals surface area contributed by atoms with Crippen LogP contribution in [-0.2, 0) is 6.54 Å². The average Bonchev–Trinajstić information content (AvgIpc) is 2.70. The summed E-state index contributed by atoms with van der Waals surface area (Å²) in [5.41, 5.74) is 0. The van der Waals surface area contributed by atoms with E-state index in [1.807, 2.05) is 13.2 Å². The van der Waals surface area contributed by atoms with Crippen molar-refractivity contribution < 1.29 is 4.42 Å². The Morgan fingerprint density at radius 2 is 2.31 bits per heavy atom. The molecule has 1 N–H and O–H groups in total. The van der Waals surface area contributed by atoms with E-state index in [0.717, 1.165) is 18.2 Å². The number of nitrogens with one attached hydrogen (secondary N) is 1. The van der Waals surface area contributed by atoms with E-state index >= 15 is 0 Å². The SMILES string of the molecule is CNCc1ncc(C2CCCC2)o1. The molecular weight excluding hydrogens is 164 g/mol. The highest BCUT2D eigenvalue weighted by Crippen LogP contribution is 2.34. The Bertz CT molecular complexity index is 264. The number of oxazole rings is 1. The molecule has 72 valence electrons. The minimum absolute atomic E-state index is 0.637. The fourth-order valence-electron chi connectivity index (χ4n) is 1.96. The monoisotopic (exact) mass is 180 g/mol. The van der Waals surface area contributed by atoms with E-state index in [0.29, 0.717) is 5.92 Å². The van der Waals surface area contributed by atoms with Crippen molar-refractivity contribution in [2.24, 2.45) is 0 Å². The van der Waals surface area contributed by atoms with Crippen LogP contribution < -0.4 is 5.32 Å². The van der Waals surface area contributed by atoms with Crippen LogP contribution in [0.15, 0.2) is 10.6 Å². The van der Waals surface area contributed by atoms with Crippen molar-refractivity contribution in [3.05, 3.63) is 17.8 Å². The van der Waals surface area contributed by atoms with Crippen molar-refractivity contribution in [1.82, 2.24) is 10.3 Å². The smallest absolute Gasteiger partial charge is 0.208 e. The molecule has 2 rings (SSSR count). The second-order valence-electron chi connectivity index (χ2n) is 3.67. The Balaban J connectivity index is 2.03. The summed E-state index contributed by atoms with van der Waals surface area (Å²) >= 11 is 0. The van der Waals surface area contributed by atoms with E-state index in [1.54, 1.807) is 0 Å². The zero-order valence-corrected chi connectivity index (χ0v) is 8.05. The number of aromatic nitrogens is 1. The molecule has 1 saturated carbocycles. The van der Waals surface area contributed by atoms with Crippen LogP contribution in [-0.4, -0.2) is 12.0 Å². The lowest BCUT2D eigenvalue weighted by Crippen LogP contribution is -2.04. The van der Waals surface area contributed by atoms with Gasteiger partial charge in [-0.3, -0.25) is 0 Å². The maximum atomic E-state index is 5.63. The molecule has 0 bridgehead atoms. The largest absolute Gasteiger partial charge is 0.444 e. The van der Waals surface area contributed by atoms with Gasteiger partial charge in [0.25, 0.3) is 0 Å². The lowest BCUT2D eigenvalue weighted by molar-refractivity contribution is 0.416. The van der Waals surface area contributed by atoms with Crippen LogP contribution in [0, 0.1) is 0 Å². The molecule has 1 heterocycles. The van der Waals surface area contributed by atoms with Crippen LogP contribution in [0.1, 0.15) is 43.3 Å². The molecule has 1 aromatic heterocycles. The second-order valence-corrected chi connectivity index (χ2v) is 3.67. The molecule has 0 unspecified atom stereocenters. The molecule has 0 saturated heterocycles. The Morgan fingerprint density at radius 1 is 1.54 bits per heavy atom. The summed E-state index contributed by atoms with van der Waals surface area (Å²) in [4.78, 5) is 4.22. The first kappa shape index (κ1) is 8.75. The van der Waals surface area contributed by atoms with Gasteiger partial charge in [0, 0.05) is 5.92 Å². The molecule has 13 heavy (non-hydrogen) atoms. The van der Waals surface area contributed by atoms with Crippen molar-refractivity contribution in [3.8, 4) is 0 Å². The molecule has 1 aromatic rings. The van der Waals surface area contributed by atoms with E-state index in [9.17, 15) is 0 Å². The topological polar surface area (TPSA) is 38.1 Å². The van der Waals surface area contributed by atoms with Crippen molar-refractivity contribution >= 4 is 0 Å². The fourth-order valence-corrected chi connectivity index (χ4v) is 1.96. The van der Waals surface area contributed by atoms with Crippen LogP contribution in [0.4, 0.5) is 0 Å². The number of nitrogens with zero attached hydrogens (tertiary/aromatic N) is 1. The third kappa shape index (κ3) is 1.91. The van der Waals surface area contributed by atoms with Gasteiger partial charge in [0.1, 0.15) is 5.76 Å². The Labute approximate surface area is 78.5 Å². The molecule has 0 amide bonds.